The smallest absolute Gasteiger partial charge is 0.329 e. The van der Waals surface area contributed by atoms with E-state index in [-0.39, 0.29) is 17.8 Å². The number of thioether (sulfide) groups is 1. The molecule has 6 heteroatoms. The summed E-state index contributed by atoms with van der Waals surface area (Å²) >= 11 is 6.92. The van der Waals surface area contributed by atoms with E-state index in [1.807, 2.05) is 0 Å². The minimum atomic E-state index is -0.457. The van der Waals surface area contributed by atoms with Gasteiger partial charge in [0.05, 0.1) is 13.0 Å². The molecule has 0 saturated carbocycles. The number of nitrogens with zero attached hydrogens (tertiary/aromatic N) is 1. The van der Waals surface area contributed by atoms with Crippen molar-refractivity contribution in [1.82, 2.24) is 4.90 Å². The highest BCUT2D eigenvalue weighted by Gasteiger charge is 2.34. The number of amides is 1. The van der Waals surface area contributed by atoms with Gasteiger partial charge in [0.25, 0.3) is 0 Å². The van der Waals surface area contributed by atoms with E-state index in [2.05, 4.69) is 4.74 Å². The van der Waals surface area contributed by atoms with E-state index in [0.717, 1.165) is 0 Å². The first-order chi connectivity index (χ1) is 6.20. The van der Waals surface area contributed by atoms with Crippen LogP contribution in [0.15, 0.2) is 0 Å². The number of rotatable bonds is 2. The van der Waals surface area contributed by atoms with Crippen LogP contribution in [0.4, 0.5) is 0 Å². The number of methoxy groups -OCH3 is 1. The number of carbonyl (C=O) groups excluding carboxylic acids is 2. The van der Waals surface area contributed by atoms with Crippen LogP contribution in [0, 0.1) is 0 Å². The first-order valence-electron chi connectivity index (χ1n) is 3.71. The van der Waals surface area contributed by atoms with Gasteiger partial charge in [-0.1, -0.05) is 0 Å². The lowest BCUT2D eigenvalue weighted by Gasteiger charge is -2.20. The van der Waals surface area contributed by atoms with Crippen molar-refractivity contribution in [2.75, 3.05) is 24.6 Å². The molecule has 74 valence electrons. The van der Waals surface area contributed by atoms with Crippen molar-refractivity contribution in [3.8, 4) is 0 Å². The highest BCUT2D eigenvalue weighted by atomic mass is 35.5. The fourth-order valence-corrected chi connectivity index (χ4v) is 2.42. The third kappa shape index (κ3) is 2.28. The molecule has 0 N–H and O–H groups in total. The molecular weight excluding hydrogens is 214 g/mol. The Morgan fingerprint density at radius 2 is 2.38 bits per heavy atom. The number of halogens is 1. The number of ether oxygens (including phenoxy) is 1. The summed E-state index contributed by atoms with van der Waals surface area (Å²) in [4.78, 5) is 23.8. The van der Waals surface area contributed by atoms with Gasteiger partial charge in [0.15, 0.2) is 0 Å². The van der Waals surface area contributed by atoms with Gasteiger partial charge < -0.3 is 9.64 Å². The number of carbonyl (C=O) groups is 2. The van der Waals surface area contributed by atoms with Crippen molar-refractivity contribution >= 4 is 35.2 Å². The molecule has 1 heterocycles. The Kier molecular flexibility index (Phi) is 3.87. The molecule has 1 aliphatic rings. The lowest BCUT2D eigenvalue weighted by molar-refractivity contribution is -0.149. The van der Waals surface area contributed by atoms with Crippen LogP contribution in [0.25, 0.3) is 0 Å². The van der Waals surface area contributed by atoms with Crippen LogP contribution in [0.1, 0.15) is 0 Å². The van der Waals surface area contributed by atoms with Crippen LogP contribution >= 0.6 is 23.4 Å². The Labute approximate surface area is 85.5 Å². The third-order valence-corrected chi connectivity index (χ3v) is 3.03. The molecule has 1 fully saturated rings. The van der Waals surface area contributed by atoms with E-state index < -0.39 is 6.04 Å². The van der Waals surface area contributed by atoms with Crippen LogP contribution in [0.3, 0.4) is 0 Å². The second kappa shape index (κ2) is 4.72. The Hall–Kier alpha value is -0.420. The standard InChI is InChI=1S/C7H10ClNO3S/c1-12-7(11)5-3-13-4-9(5)6(10)2-8/h5H,2-4H2,1H3. The highest BCUT2D eigenvalue weighted by molar-refractivity contribution is 7.99. The Morgan fingerprint density at radius 1 is 1.69 bits per heavy atom. The van der Waals surface area contributed by atoms with E-state index in [1.54, 1.807) is 0 Å². The van der Waals surface area contributed by atoms with Gasteiger partial charge in [0.1, 0.15) is 11.9 Å². The molecule has 0 bridgehead atoms. The zero-order valence-corrected chi connectivity index (χ0v) is 8.73. The SMILES string of the molecule is COC(=O)C1CSCN1C(=O)CCl. The van der Waals surface area contributed by atoms with Crippen molar-refractivity contribution in [2.45, 2.75) is 6.04 Å². The Morgan fingerprint density at radius 3 is 2.92 bits per heavy atom. The maximum absolute atomic E-state index is 11.2. The van der Waals surface area contributed by atoms with Gasteiger partial charge in [0, 0.05) is 5.75 Å². The first-order valence-corrected chi connectivity index (χ1v) is 5.40. The van der Waals surface area contributed by atoms with E-state index in [4.69, 9.17) is 11.6 Å². The zero-order chi connectivity index (χ0) is 9.84. The summed E-state index contributed by atoms with van der Waals surface area (Å²) in [7, 11) is 1.31. The normalized spacial score (nSPS) is 21.7. The second-order valence-electron chi connectivity index (χ2n) is 2.54. The zero-order valence-electron chi connectivity index (χ0n) is 7.16. The lowest BCUT2D eigenvalue weighted by atomic mass is 10.3. The molecule has 1 amide bonds. The summed E-state index contributed by atoms with van der Waals surface area (Å²) in [6.45, 7) is 0. The molecule has 0 aromatic rings. The minimum Gasteiger partial charge on any atom is -0.467 e. The summed E-state index contributed by atoms with van der Waals surface area (Å²) < 4.78 is 4.57. The molecule has 1 rings (SSSR count). The molecule has 1 unspecified atom stereocenters. The van der Waals surface area contributed by atoms with Gasteiger partial charge in [0.2, 0.25) is 5.91 Å². The lowest BCUT2D eigenvalue weighted by Crippen LogP contribution is -2.43. The summed E-state index contributed by atoms with van der Waals surface area (Å²) in [5.74, 6) is 0.430. The molecule has 4 nitrogen and oxygen atoms in total. The molecule has 0 aliphatic carbocycles. The molecule has 0 spiro atoms. The Balaban J connectivity index is 2.63. The predicted molar refractivity (Wildman–Crippen MR) is 50.7 cm³/mol. The summed E-state index contributed by atoms with van der Waals surface area (Å²) in [6, 6.07) is -0.457. The topological polar surface area (TPSA) is 46.6 Å². The van der Waals surface area contributed by atoms with Crippen LogP contribution < -0.4 is 0 Å². The average Bonchev–Trinajstić information content (AvgIpc) is 2.63. The maximum atomic E-state index is 11.2. The average molecular weight is 224 g/mol. The second-order valence-corrected chi connectivity index (χ2v) is 3.80. The van der Waals surface area contributed by atoms with Gasteiger partial charge in [-0.25, -0.2) is 4.79 Å². The predicted octanol–water partition coefficient (Wildman–Crippen LogP) is 0.300. The van der Waals surface area contributed by atoms with Crippen molar-refractivity contribution in [3.05, 3.63) is 0 Å². The van der Waals surface area contributed by atoms with Crippen LogP contribution in [-0.2, 0) is 14.3 Å². The third-order valence-electron chi connectivity index (χ3n) is 1.79. The van der Waals surface area contributed by atoms with Gasteiger partial charge >= 0.3 is 5.97 Å². The van der Waals surface area contributed by atoms with E-state index >= 15 is 0 Å². The Bertz CT molecular complexity index is 202. The number of esters is 1. The maximum Gasteiger partial charge on any atom is 0.329 e. The summed E-state index contributed by atoms with van der Waals surface area (Å²) in [6.07, 6.45) is 0. The molecule has 1 saturated heterocycles. The summed E-state index contributed by atoms with van der Waals surface area (Å²) in [5.41, 5.74) is 0. The molecule has 1 atom stereocenters. The van der Waals surface area contributed by atoms with Crippen LogP contribution in [-0.4, -0.2) is 47.4 Å². The van der Waals surface area contributed by atoms with Crippen molar-refractivity contribution in [1.29, 1.82) is 0 Å². The van der Waals surface area contributed by atoms with Crippen LogP contribution in [0.2, 0.25) is 0 Å². The minimum absolute atomic E-state index is 0.0892. The van der Waals surface area contributed by atoms with Crippen molar-refractivity contribution in [2.24, 2.45) is 0 Å². The molecule has 0 aromatic carbocycles. The molecule has 13 heavy (non-hydrogen) atoms. The number of alkyl halides is 1. The first kappa shape index (κ1) is 10.7. The largest absolute Gasteiger partial charge is 0.467 e. The van der Waals surface area contributed by atoms with Crippen molar-refractivity contribution < 1.29 is 14.3 Å². The van der Waals surface area contributed by atoms with Crippen molar-refractivity contribution in [3.63, 3.8) is 0 Å². The van der Waals surface area contributed by atoms with Gasteiger partial charge in [-0.2, -0.15) is 0 Å². The summed E-state index contributed by atoms with van der Waals surface area (Å²) in [5, 5.41) is 0. The van der Waals surface area contributed by atoms with Crippen LogP contribution in [0.5, 0.6) is 0 Å². The van der Waals surface area contributed by atoms with Gasteiger partial charge in [-0.05, 0) is 0 Å². The fraction of sp³-hybridized carbons (Fsp3) is 0.714. The van der Waals surface area contributed by atoms with Gasteiger partial charge in [-0.3, -0.25) is 4.79 Å². The highest BCUT2D eigenvalue weighted by Crippen LogP contribution is 2.21. The molecule has 1 aliphatic heterocycles. The number of hydrogen-bond donors (Lipinski definition) is 0. The van der Waals surface area contributed by atoms with E-state index in [0.29, 0.717) is 11.6 Å². The monoisotopic (exact) mass is 223 g/mol. The quantitative estimate of drug-likeness (QED) is 0.499. The molecule has 0 aromatic heterocycles. The van der Waals surface area contributed by atoms with Gasteiger partial charge in [-0.15, -0.1) is 23.4 Å². The van der Waals surface area contributed by atoms with E-state index in [9.17, 15) is 9.59 Å². The fourth-order valence-electron chi connectivity index (χ4n) is 1.10. The molecular formula is C7H10ClNO3S. The number of hydrogen-bond acceptors (Lipinski definition) is 4. The molecule has 0 radical (unpaired) electrons. The van der Waals surface area contributed by atoms with E-state index in [1.165, 1.54) is 23.8 Å².